The number of nitrogens with zero attached hydrogens (tertiary/aromatic N) is 3. The maximum Gasteiger partial charge on any atom is 0.247 e. The third-order valence-corrected chi connectivity index (χ3v) is 7.60. The first-order valence-corrected chi connectivity index (χ1v) is 14.4. The summed E-state index contributed by atoms with van der Waals surface area (Å²) in [5.41, 5.74) is 4.53. The summed E-state index contributed by atoms with van der Waals surface area (Å²) < 4.78 is 13.3. The number of halogens is 1. The number of hydrogen-bond donors (Lipinski definition) is 1. The van der Waals surface area contributed by atoms with Crippen LogP contribution in [-0.2, 0) is 6.61 Å². The van der Waals surface area contributed by atoms with Crippen LogP contribution in [0.1, 0.15) is 50.0 Å². The third kappa shape index (κ3) is 6.43. The highest BCUT2D eigenvalue weighted by Gasteiger charge is 2.26. The largest absolute Gasteiger partial charge is 0.488 e. The van der Waals surface area contributed by atoms with Gasteiger partial charge in [0.2, 0.25) is 11.0 Å². The van der Waals surface area contributed by atoms with Crippen LogP contribution in [0.3, 0.4) is 0 Å². The molecule has 0 unspecified atom stereocenters. The lowest BCUT2D eigenvalue weighted by atomic mass is 10.1. The normalized spacial score (nSPS) is 14.1. The molecular weight excluding hydrogens is 548 g/mol. The zero-order valence-corrected chi connectivity index (χ0v) is 23.1. The number of hydrogen-bond acceptors (Lipinski definition) is 7. The molecule has 8 heteroatoms. The van der Waals surface area contributed by atoms with Crippen molar-refractivity contribution in [3.05, 3.63) is 88.4 Å². The molecule has 0 radical (unpaired) electrons. The molecule has 0 amide bonds. The summed E-state index contributed by atoms with van der Waals surface area (Å²) in [4.78, 5) is 4.76. The Morgan fingerprint density at radius 3 is 2.65 bits per heavy atom. The third-order valence-electron chi connectivity index (χ3n) is 6.06. The molecule has 190 valence electrons. The number of thioether (sulfide) groups is 1. The molecule has 2 heterocycles. The molecule has 0 spiro atoms. The highest BCUT2D eigenvalue weighted by Crippen LogP contribution is 2.40. The summed E-state index contributed by atoms with van der Waals surface area (Å²) in [6, 6.07) is 24.1. The number of ether oxygens (including phenoxy) is 2. The molecule has 1 aromatic heterocycles. The first kappa shape index (κ1) is 25.5. The zero-order valence-electron chi connectivity index (χ0n) is 20.7. The smallest absolute Gasteiger partial charge is 0.247 e. The second-order valence-corrected chi connectivity index (χ2v) is 10.7. The fourth-order valence-electron chi connectivity index (χ4n) is 4.08. The minimum Gasteiger partial charge on any atom is -0.488 e. The van der Waals surface area contributed by atoms with E-state index in [9.17, 15) is 0 Å². The first-order chi connectivity index (χ1) is 18.2. The minimum absolute atomic E-state index is 0.457. The van der Waals surface area contributed by atoms with Gasteiger partial charge in [-0.3, -0.25) is 0 Å². The van der Waals surface area contributed by atoms with Crippen LogP contribution < -0.4 is 14.8 Å². The van der Waals surface area contributed by atoms with Crippen LogP contribution in [0.2, 0.25) is 0 Å². The van der Waals surface area contributed by atoms with Gasteiger partial charge >= 0.3 is 0 Å². The average molecular weight is 578 g/mol. The molecule has 0 aliphatic carbocycles. The second kappa shape index (κ2) is 12.4. The van der Waals surface area contributed by atoms with Gasteiger partial charge < -0.3 is 14.8 Å². The van der Waals surface area contributed by atoms with Gasteiger partial charge in [-0.25, -0.2) is 0 Å². The van der Waals surface area contributed by atoms with Crippen molar-refractivity contribution < 1.29 is 9.47 Å². The van der Waals surface area contributed by atoms with E-state index >= 15 is 0 Å². The second-order valence-electron chi connectivity index (χ2n) is 8.81. The Hall–Kier alpha value is -3.10. The van der Waals surface area contributed by atoms with Crippen molar-refractivity contribution in [2.24, 2.45) is 0 Å². The highest BCUT2D eigenvalue weighted by atomic mass is 79.9. The Balaban J connectivity index is 1.37. The van der Waals surface area contributed by atoms with E-state index in [1.54, 1.807) is 11.8 Å². The summed E-state index contributed by atoms with van der Waals surface area (Å²) in [7, 11) is 0. The number of nitrogens with one attached hydrogen (secondary N) is 1. The number of aromatic nitrogens is 3. The van der Waals surface area contributed by atoms with Crippen molar-refractivity contribution in [1.82, 2.24) is 15.2 Å². The molecule has 3 aromatic carbocycles. The monoisotopic (exact) mass is 576 g/mol. The molecule has 1 aliphatic rings. The van der Waals surface area contributed by atoms with Crippen LogP contribution in [0.4, 0.5) is 5.69 Å². The Morgan fingerprint density at radius 1 is 0.973 bits per heavy atom. The molecular formula is C29H29BrN4O2S. The van der Waals surface area contributed by atoms with E-state index < -0.39 is 6.23 Å². The first-order valence-electron chi connectivity index (χ1n) is 12.6. The van der Waals surface area contributed by atoms with Gasteiger partial charge in [0.25, 0.3) is 0 Å². The van der Waals surface area contributed by atoms with Crippen molar-refractivity contribution in [2.45, 2.75) is 50.6 Å². The van der Waals surface area contributed by atoms with Gasteiger partial charge in [-0.2, -0.15) is 4.98 Å². The SMILES string of the molecule is CCCCCCSc1nnc2c(n1)O[C@@H](c1ccc(OCc3ccccc3)c(Br)c1)Nc1ccccc1-2. The molecule has 1 aliphatic heterocycles. The molecule has 4 aromatic rings. The summed E-state index contributed by atoms with van der Waals surface area (Å²) in [5, 5.41) is 13.1. The van der Waals surface area contributed by atoms with Crippen molar-refractivity contribution in [3.8, 4) is 22.9 Å². The van der Waals surface area contributed by atoms with E-state index in [0.29, 0.717) is 23.3 Å². The Kier molecular flexibility index (Phi) is 8.58. The summed E-state index contributed by atoms with van der Waals surface area (Å²) in [6.45, 7) is 2.72. The molecule has 5 rings (SSSR count). The van der Waals surface area contributed by atoms with Crippen molar-refractivity contribution in [3.63, 3.8) is 0 Å². The fourth-order valence-corrected chi connectivity index (χ4v) is 5.37. The average Bonchev–Trinajstić information content (AvgIpc) is 3.09. The van der Waals surface area contributed by atoms with E-state index in [-0.39, 0.29) is 0 Å². The van der Waals surface area contributed by atoms with Crippen LogP contribution in [0.25, 0.3) is 11.3 Å². The number of fused-ring (bicyclic) bond motifs is 3. The van der Waals surface area contributed by atoms with Crippen LogP contribution in [0.15, 0.2) is 82.4 Å². The molecule has 1 N–H and O–H groups in total. The summed E-state index contributed by atoms with van der Waals surface area (Å²) in [6.07, 6.45) is 4.38. The van der Waals surface area contributed by atoms with Crippen LogP contribution in [0.5, 0.6) is 11.6 Å². The maximum atomic E-state index is 6.44. The van der Waals surface area contributed by atoms with Gasteiger partial charge in [-0.1, -0.05) is 86.5 Å². The lowest BCUT2D eigenvalue weighted by Crippen LogP contribution is -2.17. The molecule has 1 atom stereocenters. The fraction of sp³-hybridized carbons (Fsp3) is 0.276. The van der Waals surface area contributed by atoms with Crippen LogP contribution in [-0.4, -0.2) is 20.9 Å². The highest BCUT2D eigenvalue weighted by molar-refractivity contribution is 9.10. The molecule has 0 fully saturated rings. The lowest BCUT2D eigenvalue weighted by Gasteiger charge is -2.20. The van der Waals surface area contributed by atoms with Gasteiger partial charge in [-0.15, -0.1) is 10.2 Å². The summed E-state index contributed by atoms with van der Waals surface area (Å²) in [5.74, 6) is 2.22. The standard InChI is InChI=1S/C29H29BrN4O2S/c1-2-3-4-10-17-37-29-32-28-26(33-34-29)22-13-8-9-14-24(22)31-27(36-28)21-15-16-25(23(30)18-21)35-19-20-11-6-5-7-12-20/h5-9,11-16,18,27,31H,2-4,10,17,19H2,1H3/t27-/m0/s1. The Morgan fingerprint density at radius 2 is 1.81 bits per heavy atom. The minimum atomic E-state index is -0.457. The number of unbranched alkanes of at least 4 members (excludes halogenated alkanes) is 3. The van der Waals surface area contributed by atoms with Crippen molar-refractivity contribution in [2.75, 3.05) is 11.1 Å². The van der Waals surface area contributed by atoms with E-state index in [4.69, 9.17) is 14.5 Å². The molecule has 0 saturated heterocycles. The van der Waals surface area contributed by atoms with E-state index in [0.717, 1.165) is 44.8 Å². The van der Waals surface area contributed by atoms with E-state index in [1.807, 2.05) is 72.8 Å². The molecule has 37 heavy (non-hydrogen) atoms. The van der Waals surface area contributed by atoms with Gasteiger partial charge in [0.15, 0.2) is 11.9 Å². The quantitative estimate of drug-likeness (QED) is 0.151. The van der Waals surface area contributed by atoms with E-state index in [2.05, 4.69) is 38.4 Å². The summed E-state index contributed by atoms with van der Waals surface area (Å²) >= 11 is 5.31. The predicted octanol–water partition coefficient (Wildman–Crippen LogP) is 8.06. The van der Waals surface area contributed by atoms with Gasteiger partial charge in [0.05, 0.1) is 4.47 Å². The van der Waals surface area contributed by atoms with Crippen molar-refractivity contribution in [1.29, 1.82) is 0 Å². The number of rotatable bonds is 10. The van der Waals surface area contributed by atoms with E-state index in [1.165, 1.54) is 19.3 Å². The van der Waals surface area contributed by atoms with Crippen LogP contribution in [0, 0.1) is 0 Å². The number of anilines is 1. The van der Waals surface area contributed by atoms with Gasteiger partial charge in [-0.05, 0) is 52.2 Å². The Bertz CT molecular complexity index is 1340. The number of benzene rings is 3. The maximum absolute atomic E-state index is 6.44. The van der Waals surface area contributed by atoms with Gasteiger partial charge in [0.1, 0.15) is 12.4 Å². The molecule has 0 saturated carbocycles. The zero-order chi connectivity index (χ0) is 25.5. The van der Waals surface area contributed by atoms with Gasteiger partial charge in [0, 0.05) is 22.6 Å². The number of para-hydroxylation sites is 1. The van der Waals surface area contributed by atoms with Crippen molar-refractivity contribution >= 4 is 33.4 Å². The molecule has 6 nitrogen and oxygen atoms in total. The van der Waals surface area contributed by atoms with Crippen LogP contribution >= 0.6 is 27.7 Å². The Labute approximate surface area is 230 Å². The molecule has 0 bridgehead atoms. The lowest BCUT2D eigenvalue weighted by molar-refractivity contribution is 0.225. The topological polar surface area (TPSA) is 69.2 Å². The predicted molar refractivity (Wildman–Crippen MR) is 152 cm³/mol.